The fourth-order valence-corrected chi connectivity index (χ4v) is 3.44. The summed E-state index contributed by atoms with van der Waals surface area (Å²) < 4.78 is 8.64. The van der Waals surface area contributed by atoms with Crippen molar-refractivity contribution in [3.8, 4) is 5.88 Å². The van der Waals surface area contributed by atoms with Crippen molar-refractivity contribution in [1.82, 2.24) is 19.2 Å². The molecule has 0 unspecified atom stereocenters. The van der Waals surface area contributed by atoms with Crippen LogP contribution in [-0.4, -0.2) is 38.8 Å². The van der Waals surface area contributed by atoms with Crippen molar-refractivity contribution < 1.29 is 9.53 Å². The molecular formula is C17H22N4O3. The second-order valence-electron chi connectivity index (χ2n) is 6.15. The first-order valence-corrected chi connectivity index (χ1v) is 7.99. The van der Waals surface area contributed by atoms with Gasteiger partial charge in [-0.15, -0.1) is 0 Å². The van der Waals surface area contributed by atoms with Crippen LogP contribution in [0, 0.1) is 6.92 Å². The van der Waals surface area contributed by atoms with E-state index in [-0.39, 0.29) is 17.5 Å². The number of amides is 1. The zero-order valence-corrected chi connectivity index (χ0v) is 14.4. The minimum atomic E-state index is -0.188. The number of aromatic nitrogens is 3. The van der Waals surface area contributed by atoms with E-state index in [2.05, 4.69) is 5.10 Å². The van der Waals surface area contributed by atoms with E-state index < -0.39 is 0 Å². The van der Waals surface area contributed by atoms with Crippen molar-refractivity contribution >= 4 is 5.91 Å². The molecule has 0 aromatic carbocycles. The maximum atomic E-state index is 12.9. The Hall–Kier alpha value is -2.57. The standard InChI is InChI=1S/C17H22N4O3/c1-11-15(17(24-4)20(3)18-11)13-6-5-8-21(13)16(23)12-7-9-19(2)14(22)10-12/h7,9-10,13H,5-6,8H2,1-4H3/t13-/m1/s1. The van der Waals surface area contributed by atoms with Gasteiger partial charge in [0.15, 0.2) is 0 Å². The molecule has 1 saturated heterocycles. The van der Waals surface area contributed by atoms with E-state index in [1.54, 1.807) is 31.1 Å². The molecule has 0 saturated carbocycles. The largest absolute Gasteiger partial charge is 0.481 e. The third-order valence-electron chi connectivity index (χ3n) is 4.61. The summed E-state index contributed by atoms with van der Waals surface area (Å²) in [6, 6.07) is 3.00. The first-order chi connectivity index (χ1) is 11.4. The number of hydrogen-bond acceptors (Lipinski definition) is 4. The molecule has 128 valence electrons. The van der Waals surface area contributed by atoms with Crippen LogP contribution in [0.1, 0.15) is 40.5 Å². The molecule has 3 heterocycles. The normalized spacial score (nSPS) is 17.3. The van der Waals surface area contributed by atoms with Gasteiger partial charge in [-0.1, -0.05) is 0 Å². The van der Waals surface area contributed by atoms with Gasteiger partial charge in [0.2, 0.25) is 5.88 Å². The molecule has 7 heteroatoms. The average Bonchev–Trinajstić information content (AvgIpc) is 3.12. The topological polar surface area (TPSA) is 69.4 Å². The van der Waals surface area contributed by atoms with Crippen LogP contribution in [-0.2, 0) is 14.1 Å². The van der Waals surface area contributed by atoms with Crippen LogP contribution >= 0.6 is 0 Å². The van der Waals surface area contributed by atoms with Gasteiger partial charge >= 0.3 is 0 Å². The number of pyridine rings is 1. The van der Waals surface area contributed by atoms with Crippen LogP contribution in [0.25, 0.3) is 0 Å². The smallest absolute Gasteiger partial charge is 0.254 e. The Morgan fingerprint density at radius 1 is 1.38 bits per heavy atom. The molecule has 1 atom stereocenters. The zero-order chi connectivity index (χ0) is 17.4. The monoisotopic (exact) mass is 330 g/mol. The number of likely N-dealkylation sites (tertiary alicyclic amines) is 1. The summed E-state index contributed by atoms with van der Waals surface area (Å²) >= 11 is 0. The minimum Gasteiger partial charge on any atom is -0.481 e. The van der Waals surface area contributed by atoms with Crippen LogP contribution < -0.4 is 10.3 Å². The van der Waals surface area contributed by atoms with E-state index in [1.807, 2.05) is 18.9 Å². The molecule has 1 aliphatic heterocycles. The predicted molar refractivity (Wildman–Crippen MR) is 89.2 cm³/mol. The van der Waals surface area contributed by atoms with Crippen LogP contribution in [0.2, 0.25) is 0 Å². The van der Waals surface area contributed by atoms with Crippen LogP contribution in [0.5, 0.6) is 5.88 Å². The molecule has 0 radical (unpaired) electrons. The number of aryl methyl sites for hydroxylation is 3. The lowest BCUT2D eigenvalue weighted by molar-refractivity contribution is 0.0733. The van der Waals surface area contributed by atoms with E-state index >= 15 is 0 Å². The Kier molecular flexibility index (Phi) is 4.17. The highest BCUT2D eigenvalue weighted by atomic mass is 16.5. The highest BCUT2D eigenvalue weighted by Crippen LogP contribution is 2.39. The van der Waals surface area contributed by atoms with Gasteiger partial charge in [0, 0.05) is 38.5 Å². The summed E-state index contributed by atoms with van der Waals surface area (Å²) in [4.78, 5) is 26.6. The Bertz CT molecular complexity index is 837. The number of nitrogens with zero attached hydrogens (tertiary/aromatic N) is 4. The van der Waals surface area contributed by atoms with Crippen molar-refractivity contribution in [1.29, 1.82) is 0 Å². The summed E-state index contributed by atoms with van der Waals surface area (Å²) in [5.41, 5.74) is 2.05. The first kappa shape index (κ1) is 16.3. The lowest BCUT2D eigenvalue weighted by Gasteiger charge is -2.25. The number of rotatable bonds is 3. The van der Waals surface area contributed by atoms with Crippen LogP contribution in [0.3, 0.4) is 0 Å². The summed E-state index contributed by atoms with van der Waals surface area (Å²) in [5, 5.41) is 4.42. The van der Waals surface area contributed by atoms with Gasteiger partial charge in [0.1, 0.15) is 0 Å². The summed E-state index contributed by atoms with van der Waals surface area (Å²) in [6.07, 6.45) is 3.40. The SMILES string of the molecule is COc1c([C@H]2CCCN2C(=O)c2ccn(C)c(=O)c2)c(C)nn1C. The van der Waals surface area contributed by atoms with Gasteiger partial charge in [0.25, 0.3) is 11.5 Å². The molecule has 0 N–H and O–H groups in total. The molecule has 1 aliphatic rings. The first-order valence-electron chi connectivity index (χ1n) is 7.99. The summed E-state index contributed by atoms with van der Waals surface area (Å²) in [6.45, 7) is 2.59. The quantitative estimate of drug-likeness (QED) is 0.853. The number of carbonyl (C=O) groups is 1. The van der Waals surface area contributed by atoms with E-state index in [4.69, 9.17) is 4.74 Å². The lowest BCUT2D eigenvalue weighted by atomic mass is 10.0. The van der Waals surface area contributed by atoms with Gasteiger partial charge < -0.3 is 14.2 Å². The second kappa shape index (κ2) is 6.14. The Morgan fingerprint density at radius 2 is 2.12 bits per heavy atom. The van der Waals surface area contributed by atoms with E-state index in [1.165, 1.54) is 10.6 Å². The molecule has 2 aromatic rings. The molecule has 0 aliphatic carbocycles. The molecule has 3 rings (SSSR count). The molecular weight excluding hydrogens is 308 g/mol. The average molecular weight is 330 g/mol. The Morgan fingerprint density at radius 3 is 2.79 bits per heavy atom. The fraction of sp³-hybridized carbons (Fsp3) is 0.471. The highest BCUT2D eigenvalue weighted by molar-refractivity contribution is 5.94. The van der Waals surface area contributed by atoms with Crippen molar-refractivity contribution in [2.45, 2.75) is 25.8 Å². The van der Waals surface area contributed by atoms with Crippen molar-refractivity contribution in [2.24, 2.45) is 14.1 Å². The molecule has 24 heavy (non-hydrogen) atoms. The van der Waals surface area contributed by atoms with Crippen LogP contribution in [0.4, 0.5) is 0 Å². The maximum absolute atomic E-state index is 12.9. The van der Waals surface area contributed by atoms with Crippen molar-refractivity contribution in [2.75, 3.05) is 13.7 Å². The predicted octanol–water partition coefficient (Wildman–Crippen LogP) is 1.41. The maximum Gasteiger partial charge on any atom is 0.254 e. The van der Waals surface area contributed by atoms with E-state index in [0.29, 0.717) is 18.0 Å². The van der Waals surface area contributed by atoms with Crippen LogP contribution in [0.15, 0.2) is 23.1 Å². The molecule has 1 amide bonds. The fourth-order valence-electron chi connectivity index (χ4n) is 3.44. The number of ether oxygens (including phenoxy) is 1. The van der Waals surface area contributed by atoms with Gasteiger partial charge in [-0.05, 0) is 25.8 Å². The zero-order valence-electron chi connectivity index (χ0n) is 14.4. The number of carbonyl (C=O) groups excluding carboxylic acids is 1. The third kappa shape index (κ3) is 2.60. The lowest BCUT2D eigenvalue weighted by Crippen LogP contribution is -2.32. The Labute approximate surface area is 140 Å². The van der Waals surface area contributed by atoms with Gasteiger partial charge in [0.05, 0.1) is 24.4 Å². The highest BCUT2D eigenvalue weighted by Gasteiger charge is 2.35. The summed E-state index contributed by atoms with van der Waals surface area (Å²) in [7, 11) is 5.11. The molecule has 7 nitrogen and oxygen atoms in total. The molecule has 0 bridgehead atoms. The third-order valence-corrected chi connectivity index (χ3v) is 4.61. The van der Waals surface area contributed by atoms with Crippen molar-refractivity contribution in [3.63, 3.8) is 0 Å². The van der Waals surface area contributed by atoms with Gasteiger partial charge in [-0.2, -0.15) is 5.10 Å². The number of methoxy groups -OCH3 is 1. The summed E-state index contributed by atoms with van der Waals surface area (Å²) in [5.74, 6) is 0.557. The minimum absolute atomic E-state index is 0.0785. The molecule has 2 aromatic heterocycles. The number of hydrogen-bond donors (Lipinski definition) is 0. The molecule has 1 fully saturated rings. The molecule has 0 spiro atoms. The van der Waals surface area contributed by atoms with E-state index in [0.717, 1.165) is 24.1 Å². The van der Waals surface area contributed by atoms with Crippen molar-refractivity contribution in [3.05, 3.63) is 45.5 Å². The van der Waals surface area contributed by atoms with Gasteiger partial charge in [-0.3, -0.25) is 9.59 Å². The second-order valence-corrected chi connectivity index (χ2v) is 6.15. The van der Waals surface area contributed by atoms with E-state index in [9.17, 15) is 9.59 Å². The van der Waals surface area contributed by atoms with Gasteiger partial charge in [-0.25, -0.2) is 4.68 Å². The Balaban J connectivity index is 1.98.